The standard InChI is InChI=1S/C11H15N5/c1-7-4-8(2)16(15-7)6-10-5-13-9(3)14-11(10)12/h4-5H,6H2,1-3H3,(H2,12,13,14). The molecule has 2 aromatic heterocycles. The quantitative estimate of drug-likeness (QED) is 0.821. The Kier molecular flexibility index (Phi) is 2.60. The lowest BCUT2D eigenvalue weighted by atomic mass is 10.3. The zero-order valence-corrected chi connectivity index (χ0v) is 9.73. The largest absolute Gasteiger partial charge is 0.383 e. The molecule has 0 aromatic carbocycles. The number of hydrogen-bond acceptors (Lipinski definition) is 4. The maximum absolute atomic E-state index is 5.83. The molecule has 0 aliphatic rings. The van der Waals surface area contributed by atoms with Crippen molar-refractivity contribution in [1.29, 1.82) is 0 Å². The first kappa shape index (κ1) is 10.6. The predicted molar refractivity (Wildman–Crippen MR) is 62.0 cm³/mol. The predicted octanol–water partition coefficient (Wildman–Crippen LogP) is 1.23. The van der Waals surface area contributed by atoms with Gasteiger partial charge >= 0.3 is 0 Å². The zero-order valence-electron chi connectivity index (χ0n) is 9.73. The van der Waals surface area contributed by atoms with Crippen molar-refractivity contribution in [3.8, 4) is 0 Å². The summed E-state index contributed by atoms with van der Waals surface area (Å²) in [6, 6.07) is 2.03. The van der Waals surface area contributed by atoms with E-state index in [2.05, 4.69) is 15.1 Å². The second-order valence-corrected chi connectivity index (χ2v) is 3.91. The smallest absolute Gasteiger partial charge is 0.132 e. The maximum Gasteiger partial charge on any atom is 0.132 e. The molecule has 0 aliphatic heterocycles. The van der Waals surface area contributed by atoms with Gasteiger partial charge in [-0.2, -0.15) is 5.10 Å². The van der Waals surface area contributed by atoms with Gasteiger partial charge in [0.2, 0.25) is 0 Å². The van der Waals surface area contributed by atoms with Crippen molar-refractivity contribution in [1.82, 2.24) is 19.7 Å². The molecule has 0 radical (unpaired) electrons. The Morgan fingerprint density at radius 3 is 2.62 bits per heavy atom. The van der Waals surface area contributed by atoms with Crippen molar-refractivity contribution in [2.45, 2.75) is 27.3 Å². The third-order valence-electron chi connectivity index (χ3n) is 2.44. The highest BCUT2D eigenvalue weighted by atomic mass is 15.3. The van der Waals surface area contributed by atoms with Crippen LogP contribution in [0.15, 0.2) is 12.3 Å². The van der Waals surface area contributed by atoms with Crippen LogP contribution in [0, 0.1) is 20.8 Å². The Morgan fingerprint density at radius 2 is 2.06 bits per heavy atom. The van der Waals surface area contributed by atoms with E-state index in [0.717, 1.165) is 17.0 Å². The molecule has 5 nitrogen and oxygen atoms in total. The van der Waals surface area contributed by atoms with E-state index in [4.69, 9.17) is 5.73 Å². The van der Waals surface area contributed by atoms with E-state index in [9.17, 15) is 0 Å². The summed E-state index contributed by atoms with van der Waals surface area (Å²) < 4.78 is 1.90. The summed E-state index contributed by atoms with van der Waals surface area (Å²) in [7, 11) is 0. The maximum atomic E-state index is 5.83. The number of hydrogen-bond donors (Lipinski definition) is 1. The summed E-state index contributed by atoms with van der Waals surface area (Å²) in [6.45, 7) is 6.43. The van der Waals surface area contributed by atoms with Crippen molar-refractivity contribution < 1.29 is 0 Å². The number of aromatic nitrogens is 4. The molecule has 84 valence electrons. The molecule has 0 bridgehead atoms. The number of nitrogen functional groups attached to an aromatic ring is 1. The van der Waals surface area contributed by atoms with Crippen LogP contribution < -0.4 is 5.73 Å². The van der Waals surface area contributed by atoms with Crippen LogP contribution in [-0.4, -0.2) is 19.7 Å². The molecule has 16 heavy (non-hydrogen) atoms. The van der Waals surface area contributed by atoms with E-state index in [1.165, 1.54) is 0 Å². The van der Waals surface area contributed by atoms with Gasteiger partial charge in [0, 0.05) is 17.5 Å². The van der Waals surface area contributed by atoms with Crippen LogP contribution >= 0.6 is 0 Å². The third-order valence-corrected chi connectivity index (χ3v) is 2.44. The highest BCUT2D eigenvalue weighted by Crippen LogP contribution is 2.11. The minimum Gasteiger partial charge on any atom is -0.383 e. The van der Waals surface area contributed by atoms with Gasteiger partial charge in [-0.15, -0.1) is 0 Å². The highest BCUT2D eigenvalue weighted by Gasteiger charge is 2.06. The topological polar surface area (TPSA) is 69.6 Å². The molecule has 0 aliphatic carbocycles. The summed E-state index contributed by atoms with van der Waals surface area (Å²) in [6.07, 6.45) is 1.76. The average molecular weight is 217 g/mol. The number of anilines is 1. The van der Waals surface area contributed by atoms with E-state index in [1.54, 1.807) is 6.20 Å². The van der Waals surface area contributed by atoms with Crippen molar-refractivity contribution in [2.75, 3.05) is 5.73 Å². The number of nitrogens with zero attached hydrogens (tertiary/aromatic N) is 4. The van der Waals surface area contributed by atoms with Gasteiger partial charge in [-0.05, 0) is 26.8 Å². The van der Waals surface area contributed by atoms with Gasteiger partial charge in [0.05, 0.1) is 12.2 Å². The number of rotatable bonds is 2. The monoisotopic (exact) mass is 217 g/mol. The summed E-state index contributed by atoms with van der Waals surface area (Å²) in [5, 5.41) is 4.37. The first-order valence-corrected chi connectivity index (χ1v) is 5.15. The molecule has 0 fully saturated rings. The van der Waals surface area contributed by atoms with Crippen LogP contribution in [0.5, 0.6) is 0 Å². The van der Waals surface area contributed by atoms with Crippen LogP contribution in [0.4, 0.5) is 5.82 Å². The summed E-state index contributed by atoms with van der Waals surface area (Å²) in [4.78, 5) is 8.27. The lowest BCUT2D eigenvalue weighted by Gasteiger charge is -2.06. The minimum absolute atomic E-state index is 0.528. The second kappa shape index (κ2) is 3.92. The van der Waals surface area contributed by atoms with Crippen LogP contribution in [0.2, 0.25) is 0 Å². The van der Waals surface area contributed by atoms with Gasteiger partial charge in [0.1, 0.15) is 11.6 Å². The van der Waals surface area contributed by atoms with Gasteiger partial charge in [-0.3, -0.25) is 4.68 Å². The third kappa shape index (κ3) is 2.03. The fourth-order valence-electron chi connectivity index (χ4n) is 1.63. The molecule has 2 heterocycles. The van der Waals surface area contributed by atoms with E-state index in [1.807, 2.05) is 31.5 Å². The Morgan fingerprint density at radius 1 is 1.31 bits per heavy atom. The second-order valence-electron chi connectivity index (χ2n) is 3.91. The molecule has 0 spiro atoms. The first-order valence-electron chi connectivity index (χ1n) is 5.15. The Labute approximate surface area is 94.3 Å². The lowest BCUT2D eigenvalue weighted by Crippen LogP contribution is -2.08. The molecule has 2 aromatic rings. The van der Waals surface area contributed by atoms with Crippen LogP contribution in [-0.2, 0) is 6.54 Å². The van der Waals surface area contributed by atoms with E-state index < -0.39 is 0 Å². The number of aryl methyl sites for hydroxylation is 3. The van der Waals surface area contributed by atoms with Gasteiger partial charge in [-0.1, -0.05) is 0 Å². The van der Waals surface area contributed by atoms with Crippen LogP contribution in [0.1, 0.15) is 22.8 Å². The zero-order chi connectivity index (χ0) is 11.7. The normalized spacial score (nSPS) is 10.7. The summed E-state index contributed by atoms with van der Waals surface area (Å²) in [5.74, 6) is 1.22. The van der Waals surface area contributed by atoms with Gasteiger partial charge in [-0.25, -0.2) is 9.97 Å². The van der Waals surface area contributed by atoms with Gasteiger partial charge < -0.3 is 5.73 Å². The van der Waals surface area contributed by atoms with Gasteiger partial charge in [0.15, 0.2) is 0 Å². The molecule has 2 N–H and O–H groups in total. The van der Waals surface area contributed by atoms with E-state index >= 15 is 0 Å². The number of nitrogens with two attached hydrogens (primary N) is 1. The van der Waals surface area contributed by atoms with Crippen molar-refractivity contribution in [3.63, 3.8) is 0 Å². The molecule has 0 unspecified atom stereocenters. The summed E-state index contributed by atoms with van der Waals surface area (Å²) >= 11 is 0. The molecule has 0 saturated carbocycles. The molecule has 0 saturated heterocycles. The summed E-state index contributed by atoms with van der Waals surface area (Å²) in [5.41, 5.74) is 8.85. The lowest BCUT2D eigenvalue weighted by molar-refractivity contribution is 0.656. The first-order chi connectivity index (χ1) is 7.56. The molecule has 0 atom stereocenters. The minimum atomic E-state index is 0.528. The van der Waals surface area contributed by atoms with Crippen molar-refractivity contribution in [2.24, 2.45) is 0 Å². The van der Waals surface area contributed by atoms with E-state index in [0.29, 0.717) is 18.2 Å². The van der Waals surface area contributed by atoms with Gasteiger partial charge in [0.25, 0.3) is 0 Å². The molecule has 5 heteroatoms. The van der Waals surface area contributed by atoms with Crippen molar-refractivity contribution in [3.05, 3.63) is 35.0 Å². The van der Waals surface area contributed by atoms with E-state index in [-0.39, 0.29) is 0 Å². The van der Waals surface area contributed by atoms with Crippen LogP contribution in [0.25, 0.3) is 0 Å². The molecular formula is C11H15N5. The fourth-order valence-corrected chi connectivity index (χ4v) is 1.63. The Bertz CT molecular complexity index is 515. The van der Waals surface area contributed by atoms with Crippen LogP contribution in [0.3, 0.4) is 0 Å². The molecular weight excluding hydrogens is 202 g/mol. The molecule has 0 amide bonds. The average Bonchev–Trinajstić information content (AvgIpc) is 2.50. The molecule has 2 rings (SSSR count). The Balaban J connectivity index is 2.30. The fraction of sp³-hybridized carbons (Fsp3) is 0.364. The Hall–Kier alpha value is -1.91. The highest BCUT2D eigenvalue weighted by molar-refractivity contribution is 5.37. The van der Waals surface area contributed by atoms with Crippen molar-refractivity contribution >= 4 is 5.82 Å². The SMILES string of the molecule is Cc1cc(C)n(Cc2cnc(C)nc2N)n1.